The minimum absolute atomic E-state index is 0.245. The number of carboxylic acid groups (broad SMARTS) is 1. The van der Waals surface area contributed by atoms with Gasteiger partial charge in [0.1, 0.15) is 11.3 Å². The minimum atomic E-state index is -1.28. The third-order valence-corrected chi connectivity index (χ3v) is 3.33. The van der Waals surface area contributed by atoms with Gasteiger partial charge in [0.25, 0.3) is 5.91 Å². The fourth-order valence-corrected chi connectivity index (χ4v) is 1.78. The molecular formula is C14H18ClNO4. The zero-order valence-electron chi connectivity index (χ0n) is 11.7. The third-order valence-electron chi connectivity index (χ3n) is 3.09. The summed E-state index contributed by atoms with van der Waals surface area (Å²) in [6.45, 7) is 4.72. The Balaban J connectivity index is 2.62. The molecule has 0 fully saturated rings. The lowest BCUT2D eigenvalue weighted by Gasteiger charge is -2.24. The van der Waals surface area contributed by atoms with Crippen LogP contribution in [0, 0.1) is 6.92 Å². The summed E-state index contributed by atoms with van der Waals surface area (Å²) in [5.74, 6) is -1.01. The van der Waals surface area contributed by atoms with E-state index in [4.69, 9.17) is 21.4 Å². The van der Waals surface area contributed by atoms with Gasteiger partial charge >= 0.3 is 5.97 Å². The van der Waals surface area contributed by atoms with Crippen molar-refractivity contribution in [1.82, 2.24) is 5.32 Å². The van der Waals surface area contributed by atoms with E-state index < -0.39 is 17.4 Å². The predicted octanol–water partition coefficient (Wildman–Crippen LogP) is 2.40. The summed E-state index contributed by atoms with van der Waals surface area (Å²) >= 11 is 5.82. The first-order chi connectivity index (χ1) is 9.28. The van der Waals surface area contributed by atoms with Crippen molar-refractivity contribution in [2.45, 2.75) is 32.7 Å². The molecule has 2 N–H and O–H groups in total. The standard InChI is InChI=1S/C14H18ClNO4/c1-4-14(3,13(18)19)16-12(17)8-20-11-6-5-10(15)7-9(11)2/h5-7H,4,8H2,1-3H3,(H,16,17)(H,18,19). The predicted molar refractivity (Wildman–Crippen MR) is 76.2 cm³/mol. The van der Waals surface area contributed by atoms with Gasteiger partial charge in [0.2, 0.25) is 0 Å². The van der Waals surface area contributed by atoms with Crippen LogP contribution in [0.25, 0.3) is 0 Å². The SMILES string of the molecule is CCC(C)(NC(=O)COc1ccc(Cl)cc1C)C(=O)O. The molecule has 1 atom stereocenters. The summed E-state index contributed by atoms with van der Waals surface area (Å²) in [5.41, 5.74) is -0.475. The van der Waals surface area contributed by atoms with Crippen LogP contribution in [0.5, 0.6) is 5.75 Å². The molecule has 0 aromatic heterocycles. The maximum Gasteiger partial charge on any atom is 0.329 e. The molecule has 5 nitrogen and oxygen atoms in total. The van der Waals surface area contributed by atoms with E-state index in [0.29, 0.717) is 10.8 Å². The Morgan fingerprint density at radius 3 is 2.60 bits per heavy atom. The van der Waals surface area contributed by atoms with Crippen LogP contribution in [0.2, 0.25) is 5.02 Å². The van der Waals surface area contributed by atoms with Gasteiger partial charge in [-0.05, 0) is 44.0 Å². The Bertz CT molecular complexity index is 518. The van der Waals surface area contributed by atoms with E-state index in [0.717, 1.165) is 5.56 Å². The molecular weight excluding hydrogens is 282 g/mol. The number of carbonyl (C=O) groups is 2. The zero-order chi connectivity index (χ0) is 15.3. The highest BCUT2D eigenvalue weighted by Crippen LogP contribution is 2.21. The van der Waals surface area contributed by atoms with E-state index in [1.165, 1.54) is 6.92 Å². The Labute approximate surface area is 122 Å². The van der Waals surface area contributed by atoms with Gasteiger partial charge in [-0.25, -0.2) is 4.79 Å². The molecule has 0 saturated heterocycles. The van der Waals surface area contributed by atoms with Gasteiger partial charge in [0, 0.05) is 5.02 Å². The first kappa shape index (κ1) is 16.3. The molecule has 1 aromatic rings. The number of hydrogen-bond donors (Lipinski definition) is 2. The second kappa shape index (κ2) is 6.61. The number of ether oxygens (including phenoxy) is 1. The van der Waals surface area contributed by atoms with Gasteiger partial charge in [0.15, 0.2) is 6.61 Å². The van der Waals surface area contributed by atoms with Crippen molar-refractivity contribution in [3.8, 4) is 5.75 Å². The molecule has 1 unspecified atom stereocenters. The van der Waals surface area contributed by atoms with Crippen molar-refractivity contribution in [3.63, 3.8) is 0 Å². The lowest BCUT2D eigenvalue weighted by Crippen LogP contribution is -2.53. The van der Waals surface area contributed by atoms with Crippen LogP contribution < -0.4 is 10.1 Å². The van der Waals surface area contributed by atoms with Crippen molar-refractivity contribution in [2.24, 2.45) is 0 Å². The summed E-state index contributed by atoms with van der Waals surface area (Å²) < 4.78 is 5.36. The number of amides is 1. The smallest absolute Gasteiger partial charge is 0.329 e. The van der Waals surface area contributed by atoms with Crippen LogP contribution >= 0.6 is 11.6 Å². The van der Waals surface area contributed by atoms with E-state index in [9.17, 15) is 9.59 Å². The summed E-state index contributed by atoms with van der Waals surface area (Å²) in [4.78, 5) is 22.8. The molecule has 1 amide bonds. The van der Waals surface area contributed by atoms with Crippen molar-refractivity contribution < 1.29 is 19.4 Å². The summed E-state index contributed by atoms with van der Waals surface area (Å²) in [6, 6.07) is 5.05. The number of halogens is 1. The number of benzene rings is 1. The molecule has 110 valence electrons. The van der Waals surface area contributed by atoms with E-state index in [2.05, 4.69) is 5.32 Å². The molecule has 20 heavy (non-hydrogen) atoms. The first-order valence-corrected chi connectivity index (χ1v) is 6.59. The second-order valence-corrected chi connectivity index (χ2v) is 5.17. The molecule has 6 heteroatoms. The van der Waals surface area contributed by atoms with E-state index in [-0.39, 0.29) is 13.0 Å². The number of carboxylic acids is 1. The molecule has 0 bridgehead atoms. The van der Waals surface area contributed by atoms with E-state index in [1.807, 2.05) is 6.92 Å². The number of hydrogen-bond acceptors (Lipinski definition) is 3. The summed E-state index contributed by atoms with van der Waals surface area (Å²) in [5, 5.41) is 12.1. The molecule has 0 aliphatic heterocycles. The Morgan fingerprint density at radius 2 is 2.10 bits per heavy atom. The maximum absolute atomic E-state index is 11.7. The van der Waals surface area contributed by atoms with Crippen LogP contribution in [0.15, 0.2) is 18.2 Å². The lowest BCUT2D eigenvalue weighted by atomic mass is 9.99. The quantitative estimate of drug-likeness (QED) is 0.846. The Morgan fingerprint density at radius 1 is 1.45 bits per heavy atom. The first-order valence-electron chi connectivity index (χ1n) is 6.22. The highest BCUT2D eigenvalue weighted by atomic mass is 35.5. The van der Waals surface area contributed by atoms with Crippen molar-refractivity contribution in [3.05, 3.63) is 28.8 Å². The van der Waals surface area contributed by atoms with Gasteiger partial charge in [-0.1, -0.05) is 18.5 Å². The average molecular weight is 300 g/mol. The fourth-order valence-electron chi connectivity index (χ4n) is 1.55. The molecule has 0 spiro atoms. The van der Waals surface area contributed by atoms with E-state index >= 15 is 0 Å². The van der Waals surface area contributed by atoms with Crippen LogP contribution in [-0.4, -0.2) is 29.1 Å². The Hall–Kier alpha value is -1.75. The van der Waals surface area contributed by atoms with Crippen molar-refractivity contribution in [2.75, 3.05) is 6.61 Å². The monoisotopic (exact) mass is 299 g/mol. The molecule has 0 saturated carbocycles. The van der Waals surface area contributed by atoms with Gasteiger partial charge in [0.05, 0.1) is 0 Å². The van der Waals surface area contributed by atoms with Crippen molar-refractivity contribution >= 4 is 23.5 Å². The molecule has 0 aliphatic rings. The van der Waals surface area contributed by atoms with Crippen LogP contribution in [-0.2, 0) is 9.59 Å². The fraction of sp³-hybridized carbons (Fsp3) is 0.429. The van der Waals surface area contributed by atoms with Gasteiger partial charge in [-0.3, -0.25) is 4.79 Å². The van der Waals surface area contributed by atoms with E-state index in [1.54, 1.807) is 25.1 Å². The van der Waals surface area contributed by atoms with Crippen LogP contribution in [0.4, 0.5) is 0 Å². The number of nitrogens with one attached hydrogen (secondary N) is 1. The van der Waals surface area contributed by atoms with Gasteiger partial charge in [-0.15, -0.1) is 0 Å². The largest absolute Gasteiger partial charge is 0.484 e. The number of aliphatic carboxylic acids is 1. The van der Waals surface area contributed by atoms with Gasteiger partial charge < -0.3 is 15.2 Å². The summed E-state index contributed by atoms with van der Waals surface area (Å²) in [7, 11) is 0. The zero-order valence-corrected chi connectivity index (χ0v) is 12.5. The highest BCUT2D eigenvalue weighted by molar-refractivity contribution is 6.30. The topological polar surface area (TPSA) is 75.6 Å². The molecule has 0 heterocycles. The maximum atomic E-state index is 11.7. The van der Waals surface area contributed by atoms with Crippen molar-refractivity contribution in [1.29, 1.82) is 0 Å². The normalized spacial score (nSPS) is 13.4. The molecule has 0 radical (unpaired) electrons. The Kier molecular flexibility index (Phi) is 5.39. The van der Waals surface area contributed by atoms with Crippen LogP contribution in [0.1, 0.15) is 25.8 Å². The average Bonchev–Trinajstić information content (AvgIpc) is 2.37. The molecule has 1 aromatic carbocycles. The number of carbonyl (C=O) groups excluding carboxylic acids is 1. The second-order valence-electron chi connectivity index (χ2n) is 4.74. The number of rotatable bonds is 6. The molecule has 0 aliphatic carbocycles. The summed E-state index contributed by atoms with van der Waals surface area (Å²) in [6.07, 6.45) is 0.286. The van der Waals surface area contributed by atoms with Crippen LogP contribution in [0.3, 0.4) is 0 Å². The van der Waals surface area contributed by atoms with Gasteiger partial charge in [-0.2, -0.15) is 0 Å². The highest BCUT2D eigenvalue weighted by Gasteiger charge is 2.32. The minimum Gasteiger partial charge on any atom is -0.484 e. The number of aryl methyl sites for hydroxylation is 1. The molecule has 1 rings (SSSR count). The lowest BCUT2D eigenvalue weighted by molar-refractivity contribution is -0.147. The third kappa shape index (κ3) is 4.13.